The zero-order valence-corrected chi connectivity index (χ0v) is 12.6. The number of nitro groups is 1. The highest BCUT2D eigenvalue weighted by Gasteiger charge is 2.23. The maximum atomic E-state index is 13.2. The van der Waals surface area contributed by atoms with Crippen LogP contribution >= 0.6 is 27.3 Å². The number of ether oxygens (including phenoxy) is 1. The summed E-state index contributed by atoms with van der Waals surface area (Å²) in [6.07, 6.45) is -0.838. The van der Waals surface area contributed by atoms with Crippen LogP contribution in [0.2, 0.25) is 0 Å². The van der Waals surface area contributed by atoms with Crippen molar-refractivity contribution >= 4 is 33.0 Å². The fraction of sp³-hybridized carbons (Fsp3) is 0.167. The molecule has 0 unspecified atom stereocenters. The Kier molecular flexibility index (Phi) is 4.36. The van der Waals surface area contributed by atoms with E-state index in [-0.39, 0.29) is 16.5 Å². The van der Waals surface area contributed by atoms with Gasteiger partial charge in [0.2, 0.25) is 0 Å². The zero-order chi connectivity index (χ0) is 14.9. The number of halogens is 2. The molecule has 1 N–H and O–H groups in total. The van der Waals surface area contributed by atoms with Gasteiger partial charge in [-0.25, -0.2) is 4.39 Å². The predicted molar refractivity (Wildman–Crippen MR) is 75.8 cm³/mol. The summed E-state index contributed by atoms with van der Waals surface area (Å²) in [7, 11) is 0. The second-order valence-electron chi connectivity index (χ2n) is 3.96. The van der Waals surface area contributed by atoms with Gasteiger partial charge >= 0.3 is 5.69 Å². The van der Waals surface area contributed by atoms with Gasteiger partial charge in [-0.3, -0.25) is 10.1 Å². The molecule has 0 amide bonds. The van der Waals surface area contributed by atoms with Crippen LogP contribution in [0.25, 0.3) is 0 Å². The van der Waals surface area contributed by atoms with Crippen molar-refractivity contribution in [3.63, 3.8) is 0 Å². The van der Waals surface area contributed by atoms with Crippen LogP contribution in [0.4, 0.5) is 10.1 Å². The number of hydrogen-bond acceptors (Lipinski definition) is 5. The predicted octanol–water partition coefficient (Wildman–Crippen LogP) is 4.40. The van der Waals surface area contributed by atoms with Gasteiger partial charge in [0, 0.05) is 21.5 Å². The molecule has 0 aliphatic rings. The second-order valence-corrected chi connectivity index (χ2v) is 5.92. The van der Waals surface area contributed by atoms with Crippen LogP contribution in [0.15, 0.2) is 28.7 Å². The number of aliphatic hydroxyl groups is 1. The Morgan fingerprint density at radius 2 is 2.15 bits per heavy atom. The van der Waals surface area contributed by atoms with Crippen LogP contribution in [-0.4, -0.2) is 10.0 Å². The van der Waals surface area contributed by atoms with E-state index in [4.69, 9.17) is 4.74 Å². The molecule has 0 bridgehead atoms. The third-order valence-electron chi connectivity index (χ3n) is 2.35. The molecule has 0 aliphatic heterocycles. The highest BCUT2D eigenvalue weighted by atomic mass is 79.9. The highest BCUT2D eigenvalue weighted by molar-refractivity contribution is 9.10. The van der Waals surface area contributed by atoms with Crippen LogP contribution in [0, 0.1) is 15.9 Å². The molecule has 0 radical (unpaired) electrons. The van der Waals surface area contributed by atoms with Crippen molar-refractivity contribution < 1.29 is 19.2 Å². The van der Waals surface area contributed by atoms with Crippen LogP contribution < -0.4 is 4.74 Å². The Balaban J connectivity index is 2.39. The summed E-state index contributed by atoms with van der Waals surface area (Å²) in [5.74, 6) is -0.386. The van der Waals surface area contributed by atoms with Gasteiger partial charge in [0.25, 0.3) is 5.06 Å². The summed E-state index contributed by atoms with van der Waals surface area (Å²) in [5.41, 5.74) is -0.258. The van der Waals surface area contributed by atoms with Crippen molar-refractivity contribution in [1.29, 1.82) is 0 Å². The maximum Gasteiger partial charge on any atom is 0.323 e. The minimum absolute atomic E-state index is 0.00315. The first kappa shape index (κ1) is 14.9. The molecule has 1 atom stereocenters. The third-order valence-corrected chi connectivity index (χ3v) is 3.98. The number of thiophene rings is 1. The second kappa shape index (κ2) is 5.86. The lowest BCUT2D eigenvalue weighted by Gasteiger charge is -2.03. The first-order chi connectivity index (χ1) is 9.36. The number of nitrogens with zero attached hydrogens (tertiary/aromatic N) is 1. The molecular weight excluding hydrogens is 353 g/mol. The third kappa shape index (κ3) is 3.33. The molecule has 0 aliphatic carbocycles. The van der Waals surface area contributed by atoms with E-state index in [0.717, 1.165) is 17.4 Å². The summed E-state index contributed by atoms with van der Waals surface area (Å²) in [6.45, 7) is 1.50. The van der Waals surface area contributed by atoms with Gasteiger partial charge in [0.05, 0.1) is 11.0 Å². The van der Waals surface area contributed by atoms with Crippen molar-refractivity contribution in [1.82, 2.24) is 0 Å². The van der Waals surface area contributed by atoms with Crippen molar-refractivity contribution in [2.75, 3.05) is 0 Å². The SMILES string of the molecule is C[C@@H](O)c1cc([N+](=O)[O-])c(Oc2cc(F)cc(Br)c2)s1. The molecule has 0 fully saturated rings. The summed E-state index contributed by atoms with van der Waals surface area (Å²) in [5, 5.41) is 20.4. The van der Waals surface area contributed by atoms with Gasteiger partial charge in [-0.1, -0.05) is 27.3 Å². The first-order valence-corrected chi connectivity index (χ1v) is 7.08. The van der Waals surface area contributed by atoms with E-state index in [1.807, 2.05) is 0 Å². The zero-order valence-electron chi connectivity index (χ0n) is 10.2. The molecule has 0 saturated carbocycles. The van der Waals surface area contributed by atoms with Crippen molar-refractivity contribution in [2.45, 2.75) is 13.0 Å². The van der Waals surface area contributed by atoms with Crippen molar-refractivity contribution in [3.05, 3.63) is 49.5 Å². The Morgan fingerprint density at radius 3 is 2.70 bits per heavy atom. The number of hydrogen-bond donors (Lipinski definition) is 1. The summed E-state index contributed by atoms with van der Waals surface area (Å²) < 4.78 is 19.1. The Hall–Kier alpha value is -1.51. The normalized spacial score (nSPS) is 12.2. The number of aliphatic hydroxyl groups excluding tert-OH is 1. The Labute approximate surface area is 125 Å². The van der Waals surface area contributed by atoms with Crippen LogP contribution in [0.5, 0.6) is 10.8 Å². The molecule has 0 spiro atoms. The fourth-order valence-corrected chi connectivity index (χ4v) is 2.86. The van der Waals surface area contributed by atoms with Gasteiger partial charge in [0.15, 0.2) is 0 Å². The molecule has 2 rings (SSSR count). The summed E-state index contributed by atoms with van der Waals surface area (Å²) in [4.78, 5) is 10.7. The molecule has 2 aromatic rings. The van der Waals surface area contributed by atoms with Crippen LogP contribution in [-0.2, 0) is 0 Å². The molecule has 106 valence electrons. The lowest BCUT2D eigenvalue weighted by molar-refractivity contribution is -0.385. The van der Waals surface area contributed by atoms with Gasteiger partial charge in [-0.2, -0.15) is 0 Å². The molecule has 20 heavy (non-hydrogen) atoms. The van der Waals surface area contributed by atoms with Crippen LogP contribution in [0.1, 0.15) is 17.9 Å². The Morgan fingerprint density at radius 1 is 1.45 bits per heavy atom. The highest BCUT2D eigenvalue weighted by Crippen LogP contribution is 2.42. The average Bonchev–Trinajstić information content (AvgIpc) is 2.71. The molecule has 5 nitrogen and oxygen atoms in total. The van der Waals surface area contributed by atoms with Gasteiger partial charge in [-0.15, -0.1) is 0 Å². The number of rotatable bonds is 4. The van der Waals surface area contributed by atoms with Crippen molar-refractivity contribution in [2.24, 2.45) is 0 Å². The average molecular weight is 362 g/mol. The number of benzene rings is 1. The van der Waals surface area contributed by atoms with E-state index < -0.39 is 16.8 Å². The molecule has 1 aromatic carbocycles. The van der Waals surface area contributed by atoms with E-state index in [2.05, 4.69) is 15.9 Å². The summed E-state index contributed by atoms with van der Waals surface area (Å²) in [6, 6.07) is 5.11. The molecule has 1 aromatic heterocycles. The monoisotopic (exact) mass is 361 g/mol. The Bertz CT molecular complexity index is 639. The quantitative estimate of drug-likeness (QED) is 0.646. The van der Waals surface area contributed by atoms with E-state index in [1.165, 1.54) is 25.1 Å². The molecular formula is C12H9BrFNO4S. The van der Waals surface area contributed by atoms with E-state index in [0.29, 0.717) is 9.35 Å². The minimum atomic E-state index is -0.838. The summed E-state index contributed by atoms with van der Waals surface area (Å²) >= 11 is 4.06. The van der Waals surface area contributed by atoms with E-state index in [1.54, 1.807) is 0 Å². The van der Waals surface area contributed by atoms with Gasteiger partial charge in [-0.05, 0) is 19.1 Å². The standard InChI is InChI=1S/C12H9BrFNO4S/c1-6(16)11-5-10(15(17)18)12(20-11)19-9-3-7(13)2-8(14)4-9/h2-6,16H,1H3/t6-/m1/s1. The van der Waals surface area contributed by atoms with Crippen molar-refractivity contribution in [3.8, 4) is 10.8 Å². The van der Waals surface area contributed by atoms with Gasteiger partial charge < -0.3 is 9.84 Å². The van der Waals surface area contributed by atoms with Crippen LogP contribution in [0.3, 0.4) is 0 Å². The maximum absolute atomic E-state index is 13.2. The molecule has 0 saturated heterocycles. The van der Waals surface area contributed by atoms with E-state index >= 15 is 0 Å². The smallest absolute Gasteiger partial charge is 0.323 e. The van der Waals surface area contributed by atoms with E-state index in [9.17, 15) is 19.6 Å². The molecule has 1 heterocycles. The topological polar surface area (TPSA) is 72.6 Å². The lowest BCUT2D eigenvalue weighted by atomic mass is 10.3. The first-order valence-electron chi connectivity index (χ1n) is 5.47. The largest absolute Gasteiger partial charge is 0.440 e. The minimum Gasteiger partial charge on any atom is -0.440 e. The molecule has 8 heteroatoms. The van der Waals surface area contributed by atoms with Gasteiger partial charge in [0.1, 0.15) is 11.6 Å². The lowest BCUT2D eigenvalue weighted by Crippen LogP contribution is -1.90. The fourth-order valence-electron chi connectivity index (χ4n) is 1.48.